The highest BCUT2D eigenvalue weighted by Crippen LogP contribution is 2.26. The van der Waals surface area contributed by atoms with Crippen LogP contribution in [0.4, 0.5) is 5.82 Å². The third kappa shape index (κ3) is 1.85. The molecule has 0 aliphatic rings. The summed E-state index contributed by atoms with van der Waals surface area (Å²) in [4.78, 5) is 19.7. The zero-order valence-electron chi connectivity index (χ0n) is 11.2. The summed E-state index contributed by atoms with van der Waals surface area (Å²) in [6.07, 6.45) is 0.774. The third-order valence-corrected chi connectivity index (χ3v) is 3.08. The Bertz CT molecular complexity index is 613. The van der Waals surface area contributed by atoms with Crippen molar-refractivity contribution in [1.29, 1.82) is 0 Å². The van der Waals surface area contributed by atoms with Gasteiger partial charge in [0.25, 0.3) is 0 Å². The Balaban J connectivity index is 2.84. The molecule has 0 fully saturated rings. The van der Waals surface area contributed by atoms with Crippen LogP contribution in [0, 0.1) is 19.8 Å². The van der Waals surface area contributed by atoms with Crippen molar-refractivity contribution in [3.63, 3.8) is 0 Å². The molecule has 0 unspecified atom stereocenters. The molecular weight excluding hydrogens is 228 g/mol. The number of nitrogens with two attached hydrogens (primary N) is 1. The van der Waals surface area contributed by atoms with E-state index in [0.29, 0.717) is 23.1 Å². The van der Waals surface area contributed by atoms with Gasteiger partial charge in [-0.2, -0.15) is 0 Å². The van der Waals surface area contributed by atoms with Gasteiger partial charge in [-0.05, 0) is 25.3 Å². The first-order valence-electron chi connectivity index (χ1n) is 6.03. The van der Waals surface area contributed by atoms with E-state index in [-0.39, 0.29) is 0 Å². The number of fused-ring (bicyclic) bond motifs is 1. The van der Waals surface area contributed by atoms with Crippen LogP contribution < -0.4 is 5.73 Å². The zero-order chi connectivity index (χ0) is 13.4. The number of hydrogen-bond acceptors (Lipinski definition) is 4. The first-order chi connectivity index (χ1) is 8.45. The molecular formula is C13H18N4O. The minimum Gasteiger partial charge on any atom is -0.382 e. The normalized spacial score (nSPS) is 11.4. The topological polar surface area (TPSA) is 73.8 Å². The van der Waals surface area contributed by atoms with E-state index in [4.69, 9.17) is 5.73 Å². The van der Waals surface area contributed by atoms with Gasteiger partial charge in [-0.15, -0.1) is 0 Å². The molecule has 0 aromatic carbocycles. The van der Waals surface area contributed by atoms with Crippen molar-refractivity contribution >= 4 is 23.1 Å². The molecule has 0 aliphatic heterocycles. The molecule has 2 N–H and O–H groups in total. The number of carbonyl (C=O) groups is 1. The number of aldehydes is 1. The lowest BCUT2D eigenvalue weighted by atomic mass is 10.1. The monoisotopic (exact) mass is 246 g/mol. The molecule has 0 radical (unpaired) electrons. The highest BCUT2D eigenvalue weighted by Gasteiger charge is 2.17. The molecule has 0 atom stereocenters. The molecule has 2 aromatic heterocycles. The highest BCUT2D eigenvalue weighted by atomic mass is 16.1. The molecule has 0 amide bonds. The van der Waals surface area contributed by atoms with Crippen molar-refractivity contribution in [2.24, 2.45) is 5.92 Å². The number of imidazole rings is 1. The van der Waals surface area contributed by atoms with Crippen molar-refractivity contribution < 1.29 is 4.79 Å². The number of nitrogen functional groups attached to an aromatic ring is 1. The minimum absolute atomic E-state index is 0.388. The van der Waals surface area contributed by atoms with Crippen molar-refractivity contribution in [3.05, 3.63) is 17.1 Å². The smallest absolute Gasteiger partial charge is 0.185 e. The van der Waals surface area contributed by atoms with E-state index in [1.165, 1.54) is 0 Å². The lowest BCUT2D eigenvalue weighted by molar-refractivity contribution is 0.111. The number of carbonyl (C=O) groups excluding carboxylic acids is 1. The SMILES string of the molecule is Cc1nc(N)c2nc(C=O)n(CC(C)C)c2c1C. The van der Waals surface area contributed by atoms with Crippen molar-refractivity contribution in [1.82, 2.24) is 14.5 Å². The summed E-state index contributed by atoms with van der Waals surface area (Å²) in [6.45, 7) is 8.85. The maximum absolute atomic E-state index is 11.1. The first kappa shape index (κ1) is 12.5. The number of aromatic nitrogens is 3. The summed E-state index contributed by atoms with van der Waals surface area (Å²) in [5.41, 5.74) is 9.35. The van der Waals surface area contributed by atoms with Crippen LogP contribution in [0.5, 0.6) is 0 Å². The Hall–Kier alpha value is -1.91. The van der Waals surface area contributed by atoms with Crippen LogP contribution in [-0.2, 0) is 6.54 Å². The molecule has 96 valence electrons. The second-order valence-corrected chi connectivity index (χ2v) is 5.00. The van der Waals surface area contributed by atoms with Gasteiger partial charge in [0.05, 0.1) is 5.52 Å². The van der Waals surface area contributed by atoms with Crippen LogP contribution >= 0.6 is 0 Å². The van der Waals surface area contributed by atoms with Crippen molar-refractivity contribution in [3.8, 4) is 0 Å². The average Bonchev–Trinajstić information content (AvgIpc) is 2.65. The van der Waals surface area contributed by atoms with Crippen LogP contribution in [0.25, 0.3) is 11.0 Å². The average molecular weight is 246 g/mol. The molecule has 5 nitrogen and oxygen atoms in total. The van der Waals surface area contributed by atoms with Crippen LogP contribution in [-0.4, -0.2) is 20.8 Å². The fourth-order valence-electron chi connectivity index (χ4n) is 2.16. The molecule has 5 heteroatoms. The number of aryl methyl sites for hydroxylation is 2. The Morgan fingerprint density at radius 2 is 2.00 bits per heavy atom. The van der Waals surface area contributed by atoms with Crippen molar-refractivity contribution in [2.75, 3.05) is 5.73 Å². The molecule has 0 bridgehead atoms. The van der Waals surface area contributed by atoms with E-state index >= 15 is 0 Å². The first-order valence-corrected chi connectivity index (χ1v) is 6.03. The van der Waals surface area contributed by atoms with E-state index in [1.54, 1.807) is 0 Å². The molecule has 2 heterocycles. The number of anilines is 1. The van der Waals surface area contributed by atoms with Gasteiger partial charge in [0, 0.05) is 12.2 Å². The van der Waals surface area contributed by atoms with Gasteiger partial charge in [-0.25, -0.2) is 9.97 Å². The molecule has 18 heavy (non-hydrogen) atoms. The standard InChI is InChI=1S/C13H18N4O/c1-7(2)5-17-10(6-18)16-11-12(17)8(3)9(4)15-13(11)14/h6-7H,5H2,1-4H3,(H2,14,15). The summed E-state index contributed by atoms with van der Waals surface area (Å²) in [6, 6.07) is 0. The summed E-state index contributed by atoms with van der Waals surface area (Å²) in [5, 5.41) is 0. The van der Waals surface area contributed by atoms with Crippen LogP contribution in [0.1, 0.15) is 35.7 Å². The van der Waals surface area contributed by atoms with Crippen LogP contribution in [0.2, 0.25) is 0 Å². The molecule has 0 aliphatic carbocycles. The Labute approximate surface area is 106 Å². The number of pyridine rings is 1. The van der Waals surface area contributed by atoms with Gasteiger partial charge < -0.3 is 10.3 Å². The largest absolute Gasteiger partial charge is 0.382 e. The molecule has 0 saturated carbocycles. The van der Waals surface area contributed by atoms with Gasteiger partial charge in [0.1, 0.15) is 5.52 Å². The second kappa shape index (κ2) is 4.40. The second-order valence-electron chi connectivity index (χ2n) is 5.00. The molecule has 2 aromatic rings. The Kier molecular flexibility index (Phi) is 3.07. The van der Waals surface area contributed by atoms with E-state index in [9.17, 15) is 4.79 Å². The minimum atomic E-state index is 0.388. The summed E-state index contributed by atoms with van der Waals surface area (Å²) in [7, 11) is 0. The van der Waals surface area contributed by atoms with Crippen LogP contribution in [0.3, 0.4) is 0 Å². The molecule has 0 saturated heterocycles. The predicted molar refractivity (Wildman–Crippen MR) is 71.6 cm³/mol. The maximum Gasteiger partial charge on any atom is 0.185 e. The Morgan fingerprint density at radius 1 is 1.33 bits per heavy atom. The fourth-order valence-corrected chi connectivity index (χ4v) is 2.16. The van der Waals surface area contributed by atoms with Gasteiger partial charge in [-0.1, -0.05) is 13.8 Å². The predicted octanol–water partition coefficient (Wildman–Crippen LogP) is 2.10. The van der Waals surface area contributed by atoms with E-state index in [0.717, 1.165) is 29.6 Å². The summed E-state index contributed by atoms with van der Waals surface area (Å²) < 4.78 is 1.94. The number of nitrogens with zero attached hydrogens (tertiary/aromatic N) is 3. The van der Waals surface area contributed by atoms with E-state index in [2.05, 4.69) is 23.8 Å². The van der Waals surface area contributed by atoms with E-state index in [1.807, 2.05) is 18.4 Å². The van der Waals surface area contributed by atoms with Crippen molar-refractivity contribution in [2.45, 2.75) is 34.2 Å². The van der Waals surface area contributed by atoms with Gasteiger partial charge >= 0.3 is 0 Å². The Morgan fingerprint density at radius 3 is 2.56 bits per heavy atom. The third-order valence-electron chi connectivity index (χ3n) is 3.08. The number of hydrogen-bond donors (Lipinski definition) is 1. The van der Waals surface area contributed by atoms with Gasteiger partial charge in [0.15, 0.2) is 17.9 Å². The van der Waals surface area contributed by atoms with Gasteiger partial charge in [-0.3, -0.25) is 4.79 Å². The quantitative estimate of drug-likeness (QED) is 0.842. The lowest BCUT2D eigenvalue weighted by Crippen LogP contribution is -2.09. The molecule has 2 rings (SSSR count). The molecule has 0 spiro atoms. The van der Waals surface area contributed by atoms with E-state index < -0.39 is 0 Å². The van der Waals surface area contributed by atoms with Gasteiger partial charge in [0.2, 0.25) is 0 Å². The highest BCUT2D eigenvalue weighted by molar-refractivity contribution is 5.91. The number of rotatable bonds is 3. The summed E-state index contributed by atoms with van der Waals surface area (Å²) in [5.74, 6) is 1.23. The lowest BCUT2D eigenvalue weighted by Gasteiger charge is -2.11. The fraction of sp³-hybridized carbons (Fsp3) is 0.462. The zero-order valence-corrected chi connectivity index (χ0v) is 11.2. The maximum atomic E-state index is 11.1. The van der Waals surface area contributed by atoms with Crippen LogP contribution in [0.15, 0.2) is 0 Å². The summed E-state index contributed by atoms with van der Waals surface area (Å²) >= 11 is 0.